The number of nitrogens with one attached hydrogen (secondary N) is 1. The molecule has 3 rings (SSSR count). The maximum absolute atomic E-state index is 14.1. The van der Waals surface area contributed by atoms with Crippen molar-refractivity contribution in [2.75, 3.05) is 11.9 Å². The molecule has 2 N–H and O–H groups in total. The third kappa shape index (κ3) is 5.71. The molecule has 12 heteroatoms. The zero-order valence-electron chi connectivity index (χ0n) is 19.8. The molecule has 0 radical (unpaired) electrons. The molecular formula is C22H26B3F4NO4. The van der Waals surface area contributed by atoms with Gasteiger partial charge in [0.2, 0.25) is 0 Å². The molecule has 1 unspecified atom stereocenters. The largest absolute Gasteiger partial charge is 0.513 e. The highest BCUT2D eigenvalue weighted by Gasteiger charge is 2.56. The number of cyclic esters (lactones) is 1. The monoisotopic (exact) mass is 477 g/mol. The summed E-state index contributed by atoms with van der Waals surface area (Å²) < 4.78 is 67.2. The molecule has 1 aliphatic heterocycles. The summed E-state index contributed by atoms with van der Waals surface area (Å²) in [5.74, 6) is -0.856. The summed E-state index contributed by atoms with van der Waals surface area (Å²) in [6.45, 7) is 2.20. The molecular weight excluding hydrogens is 451 g/mol. The number of fused-ring (bicyclic) bond motifs is 1. The van der Waals surface area contributed by atoms with E-state index in [4.69, 9.17) is 9.47 Å². The molecule has 0 saturated carbocycles. The van der Waals surface area contributed by atoms with Crippen molar-refractivity contribution >= 4 is 35.2 Å². The van der Waals surface area contributed by atoms with E-state index in [1.807, 2.05) is 0 Å². The molecule has 0 saturated heterocycles. The minimum atomic E-state index is -4.98. The lowest BCUT2D eigenvalue weighted by atomic mass is 9.52. The van der Waals surface area contributed by atoms with Crippen LogP contribution in [0.15, 0.2) is 36.4 Å². The van der Waals surface area contributed by atoms with Crippen molar-refractivity contribution in [3.63, 3.8) is 0 Å². The number of rotatable bonds is 8. The van der Waals surface area contributed by atoms with Crippen molar-refractivity contribution in [1.82, 2.24) is 0 Å². The number of alkyl halides is 3. The number of benzene rings is 2. The van der Waals surface area contributed by atoms with Gasteiger partial charge in [0.05, 0.1) is 12.1 Å². The zero-order valence-corrected chi connectivity index (χ0v) is 19.8. The fraction of sp³-hybridized carbons (Fsp3) is 0.409. The van der Waals surface area contributed by atoms with Gasteiger partial charge in [-0.15, -0.1) is 0 Å². The number of ether oxygens (including phenoxy) is 2. The predicted molar refractivity (Wildman–Crippen MR) is 128 cm³/mol. The second-order valence-corrected chi connectivity index (χ2v) is 10.2. The molecule has 2 aromatic carbocycles. The smallest absolute Gasteiger partial charge is 0.418 e. The van der Waals surface area contributed by atoms with Crippen LogP contribution < -0.4 is 10.1 Å². The standard InChI is InChI=1S/C22H26B3F4NO4/c1-19(2,16-8-13(26)3-6-17(16)34-22(23,24)25)10-20(32,21(27,28)29)11-30-14-4-5-15-12(7-14)9-33-18(15)31/h3-8,30,32H,9-11,23-25H2,1-2H3. The zero-order chi connectivity index (χ0) is 25.5. The first-order valence-electron chi connectivity index (χ1n) is 10.8. The molecule has 1 heterocycles. The molecule has 0 aromatic heterocycles. The van der Waals surface area contributed by atoms with E-state index in [0.29, 0.717) is 16.8 Å². The Morgan fingerprint density at radius 1 is 1.12 bits per heavy atom. The van der Waals surface area contributed by atoms with Crippen LogP contribution in [0.3, 0.4) is 0 Å². The van der Waals surface area contributed by atoms with E-state index in [1.54, 1.807) is 23.5 Å². The summed E-state index contributed by atoms with van der Waals surface area (Å²) in [6, 6.07) is 8.14. The van der Waals surface area contributed by atoms with Crippen LogP contribution in [-0.2, 0) is 16.8 Å². The molecule has 0 aliphatic carbocycles. The fourth-order valence-electron chi connectivity index (χ4n) is 4.03. The Labute approximate surface area is 198 Å². The van der Waals surface area contributed by atoms with Crippen LogP contribution in [0.4, 0.5) is 23.2 Å². The SMILES string of the molecule is BC(B)(B)Oc1ccc(F)cc1C(C)(C)CC(O)(CNc1ccc2c(c1)COC2=O)C(F)(F)F. The first-order chi connectivity index (χ1) is 15.5. The second-order valence-electron chi connectivity index (χ2n) is 10.2. The Morgan fingerprint density at radius 3 is 2.41 bits per heavy atom. The lowest BCUT2D eigenvalue weighted by molar-refractivity contribution is -0.260. The summed E-state index contributed by atoms with van der Waals surface area (Å²) >= 11 is 0. The number of hydrogen-bond acceptors (Lipinski definition) is 5. The lowest BCUT2D eigenvalue weighted by Crippen LogP contribution is -2.53. The Hall–Kier alpha value is -2.62. The van der Waals surface area contributed by atoms with Gasteiger partial charge >= 0.3 is 12.1 Å². The van der Waals surface area contributed by atoms with E-state index in [1.165, 1.54) is 44.2 Å². The van der Waals surface area contributed by atoms with E-state index in [0.717, 1.165) is 6.07 Å². The van der Waals surface area contributed by atoms with E-state index in [2.05, 4.69) is 5.32 Å². The Morgan fingerprint density at radius 2 is 1.79 bits per heavy atom. The van der Waals surface area contributed by atoms with Crippen molar-refractivity contribution in [3.05, 3.63) is 58.9 Å². The van der Waals surface area contributed by atoms with Gasteiger partial charge in [0.1, 0.15) is 41.7 Å². The number of esters is 1. The van der Waals surface area contributed by atoms with Crippen molar-refractivity contribution in [2.45, 2.75) is 49.4 Å². The van der Waals surface area contributed by atoms with E-state index >= 15 is 0 Å². The fourth-order valence-corrected chi connectivity index (χ4v) is 4.03. The average molecular weight is 477 g/mol. The number of carbonyl (C=O) groups is 1. The number of aliphatic hydroxyl groups is 1. The second kappa shape index (κ2) is 8.87. The average Bonchev–Trinajstić information content (AvgIpc) is 3.06. The normalized spacial score (nSPS) is 15.9. The minimum absolute atomic E-state index is 0.0381. The Kier molecular flexibility index (Phi) is 6.78. The maximum atomic E-state index is 14.1. The highest BCUT2D eigenvalue weighted by atomic mass is 19.4. The number of anilines is 1. The van der Waals surface area contributed by atoms with Gasteiger partial charge in [-0.05, 0) is 48.2 Å². The van der Waals surface area contributed by atoms with Crippen molar-refractivity contribution in [1.29, 1.82) is 0 Å². The number of hydrogen-bond donors (Lipinski definition) is 2. The summed E-state index contributed by atoms with van der Waals surface area (Å²) in [4.78, 5) is 11.6. The molecule has 0 spiro atoms. The predicted octanol–water partition coefficient (Wildman–Crippen LogP) is 1.46. The van der Waals surface area contributed by atoms with Gasteiger partial charge in [-0.2, -0.15) is 13.2 Å². The molecule has 34 heavy (non-hydrogen) atoms. The quantitative estimate of drug-likeness (QED) is 0.343. The summed E-state index contributed by atoms with van der Waals surface area (Å²) in [5.41, 5.74) is -3.02. The van der Waals surface area contributed by atoms with E-state index < -0.39 is 47.2 Å². The summed E-state index contributed by atoms with van der Waals surface area (Å²) in [5, 5.41) is 12.8. The maximum Gasteiger partial charge on any atom is 0.418 e. The third-order valence-electron chi connectivity index (χ3n) is 5.62. The lowest BCUT2D eigenvalue weighted by Gasteiger charge is -2.39. The summed E-state index contributed by atoms with van der Waals surface area (Å²) in [6.07, 6.45) is -5.74. The third-order valence-corrected chi connectivity index (χ3v) is 5.62. The molecule has 1 aliphatic rings. The molecule has 0 fully saturated rings. The molecule has 1 atom stereocenters. The van der Waals surface area contributed by atoms with Crippen molar-refractivity contribution in [3.8, 4) is 5.75 Å². The van der Waals surface area contributed by atoms with Gasteiger partial charge in [0.25, 0.3) is 0 Å². The Bertz CT molecular complexity index is 1090. The van der Waals surface area contributed by atoms with Gasteiger partial charge in [-0.1, -0.05) is 13.8 Å². The van der Waals surface area contributed by atoms with Crippen LogP contribution in [0.5, 0.6) is 5.75 Å². The first kappa shape index (κ1) is 26.0. The van der Waals surface area contributed by atoms with E-state index in [9.17, 15) is 27.5 Å². The molecule has 180 valence electrons. The van der Waals surface area contributed by atoms with Crippen LogP contribution in [-0.4, -0.2) is 58.2 Å². The van der Waals surface area contributed by atoms with Gasteiger partial charge in [0.15, 0.2) is 5.60 Å². The Balaban J connectivity index is 1.89. The van der Waals surface area contributed by atoms with Crippen LogP contribution in [0, 0.1) is 5.82 Å². The van der Waals surface area contributed by atoms with Gasteiger partial charge in [0, 0.05) is 22.1 Å². The van der Waals surface area contributed by atoms with Gasteiger partial charge < -0.3 is 19.9 Å². The van der Waals surface area contributed by atoms with Crippen LogP contribution >= 0.6 is 0 Å². The molecule has 0 bridgehead atoms. The van der Waals surface area contributed by atoms with Crippen molar-refractivity contribution in [2.24, 2.45) is 0 Å². The van der Waals surface area contributed by atoms with Crippen LogP contribution in [0.2, 0.25) is 0 Å². The van der Waals surface area contributed by atoms with E-state index in [-0.39, 0.29) is 17.9 Å². The highest BCUT2D eigenvalue weighted by molar-refractivity contribution is 6.58. The summed E-state index contributed by atoms with van der Waals surface area (Å²) in [7, 11) is 5.33. The highest BCUT2D eigenvalue weighted by Crippen LogP contribution is 2.44. The van der Waals surface area contributed by atoms with Crippen molar-refractivity contribution < 1.29 is 36.9 Å². The number of halogens is 4. The minimum Gasteiger partial charge on any atom is -0.513 e. The molecule has 5 nitrogen and oxygen atoms in total. The molecule has 2 aromatic rings. The topological polar surface area (TPSA) is 67.8 Å². The van der Waals surface area contributed by atoms with Crippen LogP contribution in [0.1, 0.15) is 41.8 Å². The number of carbonyl (C=O) groups excluding carboxylic acids is 1. The molecule has 0 amide bonds. The van der Waals surface area contributed by atoms with Crippen LogP contribution in [0.25, 0.3) is 0 Å². The van der Waals surface area contributed by atoms with Gasteiger partial charge in [-0.3, -0.25) is 0 Å². The van der Waals surface area contributed by atoms with Gasteiger partial charge in [-0.25, -0.2) is 9.18 Å². The first-order valence-corrected chi connectivity index (χ1v) is 10.8.